The van der Waals surface area contributed by atoms with E-state index in [0.717, 1.165) is 16.5 Å². The first-order valence-electron chi connectivity index (χ1n) is 6.38. The molecule has 2 aromatic carbocycles. The number of fused-ring (bicyclic) bond motifs is 1. The van der Waals surface area contributed by atoms with Gasteiger partial charge in [-0.1, -0.05) is 12.1 Å². The number of aromatic amines is 1. The third kappa shape index (κ3) is 3.14. The molecule has 4 nitrogen and oxygen atoms in total. The average Bonchev–Trinajstić information content (AvgIpc) is 2.94. The number of hydrogen-bond donors (Lipinski definition) is 2. The first kappa shape index (κ1) is 13.1. The quantitative estimate of drug-likeness (QED) is 0.723. The topological polar surface area (TPSA) is 57.8 Å². The molecule has 104 valence electrons. The van der Waals surface area contributed by atoms with E-state index in [4.69, 9.17) is 0 Å². The van der Waals surface area contributed by atoms with Crippen LogP contribution in [0.15, 0.2) is 54.7 Å². The van der Waals surface area contributed by atoms with Gasteiger partial charge in [-0.2, -0.15) is 5.10 Å². The monoisotopic (exact) mass is 281 g/mol. The minimum atomic E-state index is -0.301. The summed E-state index contributed by atoms with van der Waals surface area (Å²) < 4.78 is 12.8. The number of rotatable bonds is 3. The zero-order chi connectivity index (χ0) is 14.7. The molecule has 0 aliphatic heterocycles. The molecule has 0 fully saturated rings. The molecule has 21 heavy (non-hydrogen) atoms. The number of anilines is 1. The fourth-order valence-corrected chi connectivity index (χ4v) is 1.95. The fourth-order valence-electron chi connectivity index (χ4n) is 1.95. The van der Waals surface area contributed by atoms with E-state index in [1.807, 2.05) is 12.1 Å². The van der Waals surface area contributed by atoms with Gasteiger partial charge in [0.15, 0.2) is 0 Å². The SMILES string of the molecule is O=C(/C=C/c1ccc(F)cc1)Nc1ccc2[nH]ncc2c1. The number of nitrogens with zero attached hydrogens (tertiary/aromatic N) is 1. The number of H-pyrrole nitrogens is 1. The second-order valence-electron chi connectivity index (χ2n) is 4.55. The number of halogens is 1. The maximum Gasteiger partial charge on any atom is 0.248 e. The molecule has 3 aromatic rings. The summed E-state index contributed by atoms with van der Waals surface area (Å²) in [5, 5.41) is 10.5. The molecule has 1 amide bonds. The van der Waals surface area contributed by atoms with Crippen LogP contribution in [0.25, 0.3) is 17.0 Å². The molecule has 2 N–H and O–H groups in total. The van der Waals surface area contributed by atoms with E-state index >= 15 is 0 Å². The highest BCUT2D eigenvalue weighted by Crippen LogP contribution is 2.16. The molecule has 0 unspecified atom stereocenters. The molecule has 0 saturated carbocycles. The Balaban J connectivity index is 1.69. The van der Waals surface area contributed by atoms with Gasteiger partial charge in [-0.3, -0.25) is 9.89 Å². The Morgan fingerprint density at radius 2 is 2.00 bits per heavy atom. The van der Waals surface area contributed by atoms with Crippen molar-refractivity contribution in [3.8, 4) is 0 Å². The van der Waals surface area contributed by atoms with Crippen LogP contribution in [0.3, 0.4) is 0 Å². The van der Waals surface area contributed by atoms with Crippen LogP contribution in [0.1, 0.15) is 5.56 Å². The molecule has 5 heteroatoms. The summed E-state index contributed by atoms with van der Waals surface area (Å²) in [6, 6.07) is 11.4. The first-order valence-corrected chi connectivity index (χ1v) is 6.38. The average molecular weight is 281 g/mol. The number of carbonyl (C=O) groups is 1. The van der Waals surface area contributed by atoms with Crippen LogP contribution in [-0.4, -0.2) is 16.1 Å². The van der Waals surface area contributed by atoms with E-state index < -0.39 is 0 Å². The van der Waals surface area contributed by atoms with Gasteiger partial charge in [0.1, 0.15) is 5.82 Å². The van der Waals surface area contributed by atoms with Crippen LogP contribution in [0.5, 0.6) is 0 Å². The third-order valence-corrected chi connectivity index (χ3v) is 3.00. The van der Waals surface area contributed by atoms with Crippen LogP contribution >= 0.6 is 0 Å². The van der Waals surface area contributed by atoms with Crippen LogP contribution in [0.2, 0.25) is 0 Å². The Kier molecular flexibility index (Phi) is 3.47. The van der Waals surface area contributed by atoms with E-state index in [0.29, 0.717) is 5.69 Å². The molecule has 0 radical (unpaired) electrons. The van der Waals surface area contributed by atoms with Crippen molar-refractivity contribution >= 4 is 28.6 Å². The Labute approximate surface area is 120 Å². The fraction of sp³-hybridized carbons (Fsp3) is 0. The lowest BCUT2D eigenvalue weighted by molar-refractivity contribution is -0.111. The Morgan fingerprint density at radius 1 is 1.19 bits per heavy atom. The molecule has 1 aromatic heterocycles. The van der Waals surface area contributed by atoms with Crippen molar-refractivity contribution in [2.24, 2.45) is 0 Å². The van der Waals surface area contributed by atoms with Gasteiger partial charge in [0, 0.05) is 17.1 Å². The lowest BCUT2D eigenvalue weighted by Crippen LogP contribution is -2.07. The van der Waals surface area contributed by atoms with Gasteiger partial charge in [0.05, 0.1) is 11.7 Å². The molecule has 0 bridgehead atoms. The summed E-state index contributed by atoms with van der Waals surface area (Å²) in [5.41, 5.74) is 2.37. The highest BCUT2D eigenvalue weighted by Gasteiger charge is 2.01. The second-order valence-corrected chi connectivity index (χ2v) is 4.55. The van der Waals surface area contributed by atoms with Crippen molar-refractivity contribution in [2.45, 2.75) is 0 Å². The lowest BCUT2D eigenvalue weighted by atomic mass is 10.2. The number of nitrogens with one attached hydrogen (secondary N) is 2. The Bertz CT molecular complexity index is 806. The van der Waals surface area contributed by atoms with Gasteiger partial charge >= 0.3 is 0 Å². The minimum Gasteiger partial charge on any atom is -0.322 e. The smallest absolute Gasteiger partial charge is 0.248 e. The zero-order valence-electron chi connectivity index (χ0n) is 11.0. The number of carbonyl (C=O) groups excluding carboxylic acids is 1. The summed E-state index contributed by atoms with van der Waals surface area (Å²) in [6.07, 6.45) is 4.73. The number of aromatic nitrogens is 2. The first-order chi connectivity index (χ1) is 10.2. The van der Waals surface area contributed by atoms with Crippen LogP contribution in [0.4, 0.5) is 10.1 Å². The zero-order valence-corrected chi connectivity index (χ0v) is 11.0. The van der Waals surface area contributed by atoms with Crippen molar-refractivity contribution in [3.63, 3.8) is 0 Å². The summed E-state index contributed by atoms with van der Waals surface area (Å²) >= 11 is 0. The Hall–Kier alpha value is -2.95. The second kappa shape index (κ2) is 5.58. The highest BCUT2D eigenvalue weighted by molar-refractivity contribution is 6.02. The molecule has 0 atom stereocenters. The van der Waals surface area contributed by atoms with Crippen molar-refractivity contribution in [2.75, 3.05) is 5.32 Å². The van der Waals surface area contributed by atoms with Crippen molar-refractivity contribution in [1.29, 1.82) is 0 Å². The Morgan fingerprint density at radius 3 is 2.81 bits per heavy atom. The van der Waals surface area contributed by atoms with E-state index in [1.165, 1.54) is 18.2 Å². The molecule has 0 spiro atoms. The van der Waals surface area contributed by atoms with Crippen LogP contribution < -0.4 is 5.32 Å². The van der Waals surface area contributed by atoms with Crippen molar-refractivity contribution in [3.05, 3.63) is 66.1 Å². The molecule has 0 saturated heterocycles. The minimum absolute atomic E-state index is 0.248. The maximum atomic E-state index is 12.8. The molecule has 0 aliphatic carbocycles. The third-order valence-electron chi connectivity index (χ3n) is 3.00. The highest BCUT2D eigenvalue weighted by atomic mass is 19.1. The van der Waals surface area contributed by atoms with Crippen molar-refractivity contribution in [1.82, 2.24) is 10.2 Å². The van der Waals surface area contributed by atoms with E-state index in [9.17, 15) is 9.18 Å². The van der Waals surface area contributed by atoms with Gasteiger partial charge < -0.3 is 5.32 Å². The summed E-state index contributed by atoms with van der Waals surface area (Å²) in [7, 11) is 0. The van der Waals surface area contributed by atoms with E-state index in [2.05, 4.69) is 15.5 Å². The molecule has 3 rings (SSSR count). The van der Waals surface area contributed by atoms with Gasteiger partial charge in [-0.05, 0) is 42.0 Å². The normalized spacial score (nSPS) is 11.1. The van der Waals surface area contributed by atoms with Crippen molar-refractivity contribution < 1.29 is 9.18 Å². The molecular formula is C16H12FN3O. The van der Waals surface area contributed by atoms with E-state index in [-0.39, 0.29) is 11.7 Å². The predicted molar refractivity (Wildman–Crippen MR) is 80.2 cm³/mol. The van der Waals surface area contributed by atoms with Crippen LogP contribution in [-0.2, 0) is 4.79 Å². The molecule has 0 aliphatic rings. The molecule has 1 heterocycles. The largest absolute Gasteiger partial charge is 0.322 e. The summed E-state index contributed by atoms with van der Waals surface area (Å²) in [4.78, 5) is 11.8. The van der Waals surface area contributed by atoms with Gasteiger partial charge in [0.25, 0.3) is 0 Å². The standard InChI is InChI=1S/C16H12FN3O/c17-13-4-1-11(2-5-13)3-8-16(21)19-14-6-7-15-12(9-14)10-18-20-15/h1-10H,(H,18,20)(H,19,21)/b8-3+. The van der Waals surface area contributed by atoms with Gasteiger partial charge in [-0.25, -0.2) is 4.39 Å². The number of benzene rings is 2. The number of hydrogen-bond acceptors (Lipinski definition) is 2. The summed E-state index contributed by atoms with van der Waals surface area (Å²) in [5.74, 6) is -0.549. The van der Waals surface area contributed by atoms with E-state index in [1.54, 1.807) is 30.5 Å². The summed E-state index contributed by atoms with van der Waals surface area (Å²) in [6.45, 7) is 0. The number of amides is 1. The predicted octanol–water partition coefficient (Wildman–Crippen LogP) is 3.35. The maximum absolute atomic E-state index is 12.8. The molecular weight excluding hydrogens is 269 g/mol. The lowest BCUT2D eigenvalue weighted by Gasteiger charge is -2.01. The van der Waals surface area contributed by atoms with Crippen LogP contribution in [0, 0.1) is 5.82 Å². The van der Waals surface area contributed by atoms with Gasteiger partial charge in [0.2, 0.25) is 5.91 Å². The van der Waals surface area contributed by atoms with Gasteiger partial charge in [-0.15, -0.1) is 0 Å².